The lowest BCUT2D eigenvalue weighted by Gasteiger charge is -2.26. The average molecular weight is 292 g/mol. The minimum atomic E-state index is -0.156. The molecule has 1 aliphatic carbocycles. The molecular formula is C16H12N4O2. The van der Waals surface area contributed by atoms with Crippen molar-refractivity contribution in [3.8, 4) is 11.3 Å². The number of Topliss-reactive ketones (excluding diaryl/α,β-unsaturated/α-hetero) is 1. The number of benzene rings is 1. The third-order valence-electron chi connectivity index (χ3n) is 4.72. The lowest BCUT2D eigenvalue weighted by atomic mass is 9.80. The van der Waals surface area contributed by atoms with Crippen LogP contribution in [0.25, 0.3) is 11.3 Å². The van der Waals surface area contributed by atoms with Crippen LogP contribution in [0.5, 0.6) is 0 Å². The van der Waals surface area contributed by atoms with E-state index in [1.807, 2.05) is 24.7 Å². The highest BCUT2D eigenvalue weighted by atomic mass is 16.6. The Hall–Kier alpha value is -2.76. The second-order valence-electron chi connectivity index (χ2n) is 5.79. The van der Waals surface area contributed by atoms with Gasteiger partial charge >= 0.3 is 0 Å². The van der Waals surface area contributed by atoms with E-state index in [4.69, 9.17) is 4.63 Å². The molecule has 0 fully saturated rings. The van der Waals surface area contributed by atoms with Crippen molar-refractivity contribution >= 4 is 5.78 Å². The van der Waals surface area contributed by atoms with Crippen molar-refractivity contribution in [1.29, 1.82) is 0 Å². The summed E-state index contributed by atoms with van der Waals surface area (Å²) in [5.41, 5.74) is 4.47. The number of aromatic nitrogens is 4. The van der Waals surface area contributed by atoms with Gasteiger partial charge in [-0.1, -0.05) is 29.4 Å². The number of carbonyl (C=O) groups is 1. The molecule has 0 amide bonds. The van der Waals surface area contributed by atoms with Gasteiger partial charge in [0.1, 0.15) is 5.69 Å². The maximum absolute atomic E-state index is 12.8. The van der Waals surface area contributed by atoms with Crippen LogP contribution in [0, 0.1) is 5.92 Å². The summed E-state index contributed by atoms with van der Waals surface area (Å²) in [5.74, 6) is -0.139. The van der Waals surface area contributed by atoms with Gasteiger partial charge in [0.15, 0.2) is 11.5 Å². The number of hydrogen-bond donors (Lipinski definition) is 0. The molecule has 2 unspecified atom stereocenters. The van der Waals surface area contributed by atoms with Gasteiger partial charge in [-0.2, -0.15) is 0 Å². The molecule has 2 atom stereocenters. The summed E-state index contributed by atoms with van der Waals surface area (Å²) in [4.78, 5) is 17.1. The molecule has 2 aromatic heterocycles. The summed E-state index contributed by atoms with van der Waals surface area (Å²) in [5, 5.41) is 7.62. The van der Waals surface area contributed by atoms with Crippen LogP contribution in [0.1, 0.15) is 34.2 Å². The number of carbonyl (C=O) groups excluding carboxylic acids is 1. The van der Waals surface area contributed by atoms with Gasteiger partial charge in [-0.05, 0) is 23.6 Å². The zero-order valence-corrected chi connectivity index (χ0v) is 11.6. The van der Waals surface area contributed by atoms with Gasteiger partial charge in [-0.15, -0.1) is 0 Å². The van der Waals surface area contributed by atoms with Gasteiger partial charge in [-0.25, -0.2) is 9.61 Å². The molecule has 0 spiro atoms. The number of ketones is 1. The van der Waals surface area contributed by atoms with Crippen LogP contribution in [0.3, 0.4) is 0 Å². The van der Waals surface area contributed by atoms with Crippen molar-refractivity contribution in [2.24, 2.45) is 5.92 Å². The molecule has 6 heteroatoms. The molecule has 0 N–H and O–H groups in total. The lowest BCUT2D eigenvalue weighted by molar-refractivity contribution is 0.0863. The molecule has 5 rings (SSSR count). The Balaban J connectivity index is 1.66. The number of imidazole rings is 1. The predicted molar refractivity (Wildman–Crippen MR) is 76.2 cm³/mol. The number of rotatable bonds is 1. The minimum absolute atomic E-state index is 0.0175. The monoisotopic (exact) mass is 292 g/mol. The molecule has 0 saturated heterocycles. The van der Waals surface area contributed by atoms with Crippen LogP contribution in [-0.4, -0.2) is 25.6 Å². The van der Waals surface area contributed by atoms with Crippen molar-refractivity contribution in [2.45, 2.75) is 18.9 Å². The fourth-order valence-electron chi connectivity index (χ4n) is 3.74. The van der Waals surface area contributed by atoms with Crippen LogP contribution >= 0.6 is 0 Å². The Kier molecular flexibility index (Phi) is 2.22. The van der Waals surface area contributed by atoms with Crippen molar-refractivity contribution < 1.29 is 9.42 Å². The fourth-order valence-corrected chi connectivity index (χ4v) is 3.74. The molecule has 3 heterocycles. The Labute approximate surface area is 125 Å². The van der Waals surface area contributed by atoms with Crippen molar-refractivity contribution in [1.82, 2.24) is 19.9 Å². The Morgan fingerprint density at radius 2 is 2.14 bits per heavy atom. The van der Waals surface area contributed by atoms with Gasteiger partial charge < -0.3 is 4.57 Å². The van der Waals surface area contributed by atoms with E-state index in [0.717, 1.165) is 24.1 Å². The molecule has 1 aromatic carbocycles. The lowest BCUT2D eigenvalue weighted by Crippen LogP contribution is -2.30. The third kappa shape index (κ3) is 1.39. The maximum atomic E-state index is 12.8. The molecule has 3 aromatic rings. The summed E-state index contributed by atoms with van der Waals surface area (Å²) in [7, 11) is 0. The van der Waals surface area contributed by atoms with E-state index in [0.29, 0.717) is 11.4 Å². The standard InChI is InChI=1S/C16H12N4O2/c21-16-11(5-6-12-14(16)19-22-18-12)15-10-4-2-1-3-9(10)13-7-17-8-20(13)15/h1-4,7-8,11,15H,5-6H2. The molecule has 0 radical (unpaired) electrons. The van der Waals surface area contributed by atoms with Crippen LogP contribution < -0.4 is 0 Å². The minimum Gasteiger partial charge on any atom is -0.322 e. The van der Waals surface area contributed by atoms with Gasteiger partial charge in [-0.3, -0.25) is 4.79 Å². The summed E-state index contributed by atoms with van der Waals surface area (Å²) >= 11 is 0. The summed E-state index contributed by atoms with van der Waals surface area (Å²) in [6.07, 6.45) is 5.13. The van der Waals surface area contributed by atoms with Crippen molar-refractivity contribution in [2.75, 3.05) is 0 Å². The fraction of sp³-hybridized carbons (Fsp3) is 0.250. The SMILES string of the molecule is O=C1c2nonc2CCC1C1c2ccccc2-c2cncn21. The number of nitrogens with zero attached hydrogens (tertiary/aromatic N) is 4. The molecule has 22 heavy (non-hydrogen) atoms. The molecule has 0 saturated carbocycles. The van der Waals surface area contributed by atoms with Crippen molar-refractivity contribution in [3.05, 3.63) is 53.7 Å². The van der Waals surface area contributed by atoms with E-state index in [2.05, 4.69) is 32.0 Å². The van der Waals surface area contributed by atoms with Gasteiger partial charge in [0, 0.05) is 11.5 Å². The smallest absolute Gasteiger partial charge is 0.192 e. The summed E-state index contributed by atoms with van der Waals surface area (Å²) < 4.78 is 6.84. The van der Waals surface area contributed by atoms with Crippen LogP contribution in [-0.2, 0) is 6.42 Å². The van der Waals surface area contributed by atoms with E-state index in [1.54, 1.807) is 0 Å². The van der Waals surface area contributed by atoms with E-state index >= 15 is 0 Å². The van der Waals surface area contributed by atoms with E-state index < -0.39 is 0 Å². The maximum Gasteiger partial charge on any atom is 0.192 e. The van der Waals surface area contributed by atoms with Crippen LogP contribution in [0.4, 0.5) is 0 Å². The van der Waals surface area contributed by atoms with Crippen LogP contribution in [0.15, 0.2) is 41.4 Å². The Morgan fingerprint density at radius 1 is 1.23 bits per heavy atom. The van der Waals surface area contributed by atoms with Crippen LogP contribution in [0.2, 0.25) is 0 Å². The molecule has 108 valence electrons. The molecule has 0 bridgehead atoms. The zero-order valence-electron chi connectivity index (χ0n) is 11.6. The predicted octanol–water partition coefficient (Wildman–Crippen LogP) is 2.28. The first-order valence-corrected chi connectivity index (χ1v) is 7.31. The summed E-state index contributed by atoms with van der Waals surface area (Å²) in [6, 6.07) is 8.19. The van der Waals surface area contributed by atoms with Gasteiger partial charge in [0.05, 0.1) is 24.3 Å². The van der Waals surface area contributed by atoms with Gasteiger partial charge in [0.2, 0.25) is 0 Å². The highest BCUT2D eigenvalue weighted by Crippen LogP contribution is 2.45. The molecule has 6 nitrogen and oxygen atoms in total. The first-order valence-electron chi connectivity index (χ1n) is 7.31. The molecule has 2 aliphatic rings. The zero-order chi connectivity index (χ0) is 14.7. The van der Waals surface area contributed by atoms with Crippen molar-refractivity contribution in [3.63, 3.8) is 0 Å². The molecular weight excluding hydrogens is 280 g/mol. The average Bonchev–Trinajstić information content (AvgIpc) is 3.23. The highest BCUT2D eigenvalue weighted by molar-refractivity contribution is 5.98. The van der Waals surface area contributed by atoms with E-state index in [9.17, 15) is 4.79 Å². The summed E-state index contributed by atoms with van der Waals surface area (Å²) in [6.45, 7) is 0. The second kappa shape index (κ2) is 4.13. The normalized spacial score (nSPS) is 22.3. The third-order valence-corrected chi connectivity index (χ3v) is 4.72. The quantitative estimate of drug-likeness (QED) is 0.688. The second-order valence-corrected chi connectivity index (χ2v) is 5.79. The number of hydrogen-bond acceptors (Lipinski definition) is 5. The number of aryl methyl sites for hydroxylation is 1. The Morgan fingerprint density at radius 3 is 3.09 bits per heavy atom. The highest BCUT2D eigenvalue weighted by Gasteiger charge is 2.42. The topological polar surface area (TPSA) is 73.8 Å². The van der Waals surface area contributed by atoms with E-state index in [-0.39, 0.29) is 17.7 Å². The first kappa shape index (κ1) is 11.9. The van der Waals surface area contributed by atoms with Gasteiger partial charge in [0.25, 0.3) is 0 Å². The Bertz CT molecular complexity index is 895. The number of fused-ring (bicyclic) bond motifs is 4. The largest absolute Gasteiger partial charge is 0.322 e. The van der Waals surface area contributed by atoms with E-state index in [1.165, 1.54) is 5.56 Å². The molecule has 1 aliphatic heterocycles. The first-order chi connectivity index (χ1) is 10.8.